The first-order valence-corrected chi connectivity index (χ1v) is 8.00. The molecule has 0 spiro atoms. The number of anilines is 1. The fourth-order valence-corrected chi connectivity index (χ4v) is 2.67. The van der Waals surface area contributed by atoms with E-state index in [0.29, 0.717) is 12.4 Å². The van der Waals surface area contributed by atoms with Crippen LogP contribution in [0.5, 0.6) is 0 Å². The van der Waals surface area contributed by atoms with Gasteiger partial charge in [0.25, 0.3) is 0 Å². The maximum absolute atomic E-state index is 11.2. The van der Waals surface area contributed by atoms with Crippen LogP contribution in [0.4, 0.5) is 5.82 Å². The normalized spacial score (nSPS) is 15.3. The number of aromatic carboxylic acids is 1. The SMILES string of the molecule is O=C(O)c1cccc(N(CCN2CCOCC2)Cc2ccco2)n1. The number of carboxylic acids is 1. The molecule has 1 fully saturated rings. The van der Waals surface area contributed by atoms with E-state index >= 15 is 0 Å². The van der Waals surface area contributed by atoms with E-state index < -0.39 is 5.97 Å². The van der Waals surface area contributed by atoms with E-state index in [-0.39, 0.29) is 5.69 Å². The fourth-order valence-electron chi connectivity index (χ4n) is 2.67. The molecular weight excluding hydrogens is 310 g/mol. The molecule has 1 aliphatic heterocycles. The topological polar surface area (TPSA) is 79.0 Å². The van der Waals surface area contributed by atoms with E-state index in [1.165, 1.54) is 6.07 Å². The molecule has 1 saturated heterocycles. The monoisotopic (exact) mass is 331 g/mol. The van der Waals surface area contributed by atoms with Crippen LogP contribution in [0.25, 0.3) is 0 Å². The lowest BCUT2D eigenvalue weighted by Crippen LogP contribution is -2.41. The molecule has 7 nitrogen and oxygen atoms in total. The van der Waals surface area contributed by atoms with Crippen LogP contribution in [0.2, 0.25) is 0 Å². The minimum atomic E-state index is -1.03. The summed E-state index contributed by atoms with van der Waals surface area (Å²) in [5, 5.41) is 9.16. The second kappa shape index (κ2) is 7.94. The number of morpholine rings is 1. The number of furan rings is 1. The Morgan fingerprint density at radius 2 is 2.08 bits per heavy atom. The van der Waals surface area contributed by atoms with Crippen molar-refractivity contribution < 1.29 is 19.1 Å². The highest BCUT2D eigenvalue weighted by molar-refractivity contribution is 5.85. The molecule has 1 aliphatic rings. The van der Waals surface area contributed by atoms with Crippen molar-refractivity contribution >= 4 is 11.8 Å². The lowest BCUT2D eigenvalue weighted by Gasteiger charge is -2.30. The Morgan fingerprint density at radius 3 is 2.79 bits per heavy atom. The van der Waals surface area contributed by atoms with Gasteiger partial charge in [-0.25, -0.2) is 9.78 Å². The van der Waals surface area contributed by atoms with Crippen molar-refractivity contribution in [2.24, 2.45) is 0 Å². The summed E-state index contributed by atoms with van der Waals surface area (Å²) in [6, 6.07) is 8.79. The van der Waals surface area contributed by atoms with Gasteiger partial charge in [0.15, 0.2) is 5.69 Å². The molecule has 0 saturated carbocycles. The van der Waals surface area contributed by atoms with Gasteiger partial charge in [-0.1, -0.05) is 6.07 Å². The molecule has 3 rings (SSSR count). The van der Waals surface area contributed by atoms with Crippen molar-refractivity contribution in [3.8, 4) is 0 Å². The Kier molecular flexibility index (Phi) is 5.45. The number of carboxylic acid groups (broad SMARTS) is 1. The number of hydrogen-bond donors (Lipinski definition) is 1. The van der Waals surface area contributed by atoms with Gasteiger partial charge in [0.05, 0.1) is 26.0 Å². The van der Waals surface area contributed by atoms with Gasteiger partial charge in [0.2, 0.25) is 0 Å². The van der Waals surface area contributed by atoms with Crippen LogP contribution in [0.1, 0.15) is 16.2 Å². The Morgan fingerprint density at radius 1 is 1.25 bits per heavy atom. The van der Waals surface area contributed by atoms with E-state index in [1.54, 1.807) is 12.3 Å². The lowest BCUT2D eigenvalue weighted by atomic mass is 10.3. The minimum absolute atomic E-state index is 0.0447. The Bertz CT molecular complexity index is 654. The first-order chi connectivity index (χ1) is 11.7. The fraction of sp³-hybridized carbons (Fsp3) is 0.412. The molecule has 24 heavy (non-hydrogen) atoms. The molecule has 7 heteroatoms. The lowest BCUT2D eigenvalue weighted by molar-refractivity contribution is 0.0391. The highest BCUT2D eigenvalue weighted by Gasteiger charge is 2.16. The molecule has 2 aromatic rings. The first-order valence-electron chi connectivity index (χ1n) is 8.00. The largest absolute Gasteiger partial charge is 0.477 e. The van der Waals surface area contributed by atoms with E-state index in [4.69, 9.17) is 14.3 Å². The van der Waals surface area contributed by atoms with E-state index in [0.717, 1.165) is 45.2 Å². The second-order valence-corrected chi connectivity index (χ2v) is 5.64. The summed E-state index contributed by atoms with van der Waals surface area (Å²) in [5.74, 6) is 0.432. The summed E-state index contributed by atoms with van der Waals surface area (Å²) < 4.78 is 10.8. The zero-order valence-corrected chi connectivity index (χ0v) is 13.4. The summed E-state index contributed by atoms with van der Waals surface area (Å²) in [4.78, 5) is 19.8. The summed E-state index contributed by atoms with van der Waals surface area (Å²) in [6.45, 7) is 5.48. The van der Waals surface area contributed by atoms with Crippen LogP contribution < -0.4 is 4.90 Å². The van der Waals surface area contributed by atoms with Gasteiger partial charge in [-0.15, -0.1) is 0 Å². The molecule has 0 radical (unpaired) electrons. The van der Waals surface area contributed by atoms with Crippen molar-refractivity contribution in [3.05, 3.63) is 48.0 Å². The van der Waals surface area contributed by atoms with Crippen LogP contribution in [-0.4, -0.2) is 60.4 Å². The summed E-state index contributed by atoms with van der Waals surface area (Å²) in [6.07, 6.45) is 1.64. The molecule has 0 amide bonds. The highest BCUT2D eigenvalue weighted by atomic mass is 16.5. The van der Waals surface area contributed by atoms with Crippen LogP contribution >= 0.6 is 0 Å². The number of hydrogen-bond acceptors (Lipinski definition) is 6. The van der Waals surface area contributed by atoms with Gasteiger partial charge in [-0.3, -0.25) is 4.90 Å². The van der Waals surface area contributed by atoms with Gasteiger partial charge >= 0.3 is 5.97 Å². The average Bonchev–Trinajstić information content (AvgIpc) is 3.12. The highest BCUT2D eigenvalue weighted by Crippen LogP contribution is 2.16. The number of rotatable bonds is 7. The van der Waals surface area contributed by atoms with Gasteiger partial charge in [0.1, 0.15) is 11.6 Å². The van der Waals surface area contributed by atoms with E-state index in [1.807, 2.05) is 23.1 Å². The Hall–Kier alpha value is -2.38. The number of aromatic nitrogens is 1. The van der Waals surface area contributed by atoms with Crippen LogP contribution in [0.15, 0.2) is 41.0 Å². The smallest absolute Gasteiger partial charge is 0.354 e. The molecule has 128 valence electrons. The standard InChI is InChI=1S/C17H21N3O4/c21-17(22)15-4-1-5-16(18-15)20(13-14-3-2-10-24-14)7-6-19-8-11-23-12-9-19/h1-5,10H,6-9,11-13H2,(H,21,22). The number of pyridine rings is 1. The molecule has 0 bridgehead atoms. The van der Waals surface area contributed by atoms with Crippen molar-refractivity contribution in [2.75, 3.05) is 44.3 Å². The van der Waals surface area contributed by atoms with Crippen molar-refractivity contribution in [2.45, 2.75) is 6.54 Å². The molecule has 1 N–H and O–H groups in total. The maximum Gasteiger partial charge on any atom is 0.354 e. The van der Waals surface area contributed by atoms with Gasteiger partial charge < -0.3 is 19.2 Å². The van der Waals surface area contributed by atoms with Crippen LogP contribution in [-0.2, 0) is 11.3 Å². The zero-order valence-electron chi connectivity index (χ0n) is 13.4. The number of nitrogens with zero attached hydrogens (tertiary/aromatic N) is 3. The minimum Gasteiger partial charge on any atom is -0.477 e. The molecule has 0 aromatic carbocycles. The van der Waals surface area contributed by atoms with Gasteiger partial charge in [-0.2, -0.15) is 0 Å². The third kappa shape index (κ3) is 4.33. The average molecular weight is 331 g/mol. The predicted octanol–water partition coefficient (Wildman–Crippen LogP) is 1.71. The van der Waals surface area contributed by atoms with E-state index in [9.17, 15) is 4.79 Å². The Balaban J connectivity index is 1.73. The zero-order chi connectivity index (χ0) is 16.8. The van der Waals surface area contributed by atoms with Crippen molar-refractivity contribution in [1.82, 2.24) is 9.88 Å². The molecule has 0 aliphatic carbocycles. The van der Waals surface area contributed by atoms with Crippen LogP contribution in [0.3, 0.4) is 0 Å². The summed E-state index contributed by atoms with van der Waals surface area (Å²) >= 11 is 0. The summed E-state index contributed by atoms with van der Waals surface area (Å²) in [5.41, 5.74) is 0.0447. The summed E-state index contributed by atoms with van der Waals surface area (Å²) in [7, 11) is 0. The molecule has 2 aromatic heterocycles. The molecule has 0 atom stereocenters. The third-order valence-electron chi connectivity index (χ3n) is 3.99. The van der Waals surface area contributed by atoms with Crippen molar-refractivity contribution in [1.29, 1.82) is 0 Å². The number of carbonyl (C=O) groups is 1. The van der Waals surface area contributed by atoms with Gasteiger partial charge in [0, 0.05) is 26.2 Å². The molecule has 3 heterocycles. The van der Waals surface area contributed by atoms with Gasteiger partial charge in [-0.05, 0) is 24.3 Å². The quantitative estimate of drug-likeness (QED) is 0.827. The Labute approximate surface area is 140 Å². The third-order valence-corrected chi connectivity index (χ3v) is 3.99. The number of ether oxygens (including phenoxy) is 1. The maximum atomic E-state index is 11.2. The molecule has 0 unspecified atom stereocenters. The first kappa shape index (κ1) is 16.5. The van der Waals surface area contributed by atoms with E-state index in [2.05, 4.69) is 9.88 Å². The second-order valence-electron chi connectivity index (χ2n) is 5.64. The molecular formula is C17H21N3O4. The van der Waals surface area contributed by atoms with Crippen LogP contribution in [0, 0.1) is 0 Å². The predicted molar refractivity (Wildman–Crippen MR) is 88.2 cm³/mol. The van der Waals surface area contributed by atoms with Crippen molar-refractivity contribution in [3.63, 3.8) is 0 Å².